The van der Waals surface area contributed by atoms with Gasteiger partial charge in [-0.05, 0) is 63.2 Å². The summed E-state index contributed by atoms with van der Waals surface area (Å²) in [6.07, 6.45) is 4.72. The van der Waals surface area contributed by atoms with E-state index in [1.807, 2.05) is 0 Å². The van der Waals surface area contributed by atoms with Crippen molar-refractivity contribution < 1.29 is 14.0 Å². The van der Waals surface area contributed by atoms with Gasteiger partial charge in [0.25, 0.3) is 11.8 Å². The normalized spacial score (nSPS) is 14.3. The number of anilines is 1. The molecule has 1 aliphatic rings. The van der Waals surface area contributed by atoms with Gasteiger partial charge in [-0.15, -0.1) is 0 Å². The Bertz CT molecular complexity index is 881. The fraction of sp³-hybridized carbons (Fsp3) is 0.391. The van der Waals surface area contributed by atoms with Crippen molar-refractivity contribution in [2.75, 3.05) is 31.9 Å². The molecule has 30 heavy (non-hydrogen) atoms. The van der Waals surface area contributed by atoms with Gasteiger partial charge in [0, 0.05) is 29.9 Å². The molecule has 1 aliphatic heterocycles. The highest BCUT2D eigenvalue weighted by molar-refractivity contribution is 6.02. The van der Waals surface area contributed by atoms with Crippen LogP contribution in [0.15, 0.2) is 42.5 Å². The Hall–Kier alpha value is -2.93. The van der Waals surface area contributed by atoms with Gasteiger partial charge in [0.2, 0.25) is 0 Å². The van der Waals surface area contributed by atoms with Crippen molar-refractivity contribution in [1.29, 1.82) is 0 Å². The van der Waals surface area contributed by atoms with Gasteiger partial charge >= 0.3 is 0 Å². The number of likely N-dealkylation sites (tertiary alicyclic amines) is 1. The molecule has 4 N–H and O–H groups in total. The van der Waals surface area contributed by atoms with E-state index >= 15 is 0 Å². The van der Waals surface area contributed by atoms with E-state index in [0.29, 0.717) is 17.7 Å². The largest absolute Gasteiger partial charge is 0.398 e. The molecule has 0 unspecified atom stereocenters. The minimum atomic E-state index is -0.413. The van der Waals surface area contributed by atoms with Gasteiger partial charge in [-0.1, -0.05) is 24.6 Å². The van der Waals surface area contributed by atoms with Crippen molar-refractivity contribution in [2.45, 2.75) is 32.2 Å². The lowest BCUT2D eigenvalue weighted by atomic mass is 10.1. The Morgan fingerprint density at radius 1 is 1.00 bits per heavy atom. The van der Waals surface area contributed by atoms with Crippen LogP contribution in [-0.4, -0.2) is 42.9 Å². The number of amides is 2. The molecule has 160 valence electrons. The van der Waals surface area contributed by atoms with Crippen molar-refractivity contribution >= 4 is 17.5 Å². The molecule has 0 atom stereocenters. The van der Waals surface area contributed by atoms with Crippen LogP contribution in [0.3, 0.4) is 0 Å². The number of nitrogens with zero attached hydrogens (tertiary/aromatic N) is 1. The molecule has 2 aromatic carbocycles. The van der Waals surface area contributed by atoms with E-state index in [-0.39, 0.29) is 29.5 Å². The second-order valence-corrected chi connectivity index (χ2v) is 7.59. The summed E-state index contributed by atoms with van der Waals surface area (Å²) in [5.41, 5.74) is 7.26. The van der Waals surface area contributed by atoms with Crippen molar-refractivity contribution in [3.63, 3.8) is 0 Å². The van der Waals surface area contributed by atoms with Gasteiger partial charge in [0.15, 0.2) is 0 Å². The lowest BCUT2D eigenvalue weighted by Gasteiger charge is -2.26. The zero-order valence-corrected chi connectivity index (χ0v) is 17.1. The van der Waals surface area contributed by atoms with Crippen molar-refractivity contribution in [3.05, 3.63) is 65.0 Å². The third kappa shape index (κ3) is 6.03. The molecule has 7 heteroatoms. The SMILES string of the molecule is Nc1cc(C(=O)NCCCN2CCCCC2)ccc1C(=O)NCc1ccccc1F. The van der Waals surface area contributed by atoms with E-state index in [9.17, 15) is 14.0 Å². The summed E-state index contributed by atoms with van der Waals surface area (Å²) in [7, 11) is 0. The fourth-order valence-electron chi connectivity index (χ4n) is 3.61. The number of hydrogen-bond donors (Lipinski definition) is 3. The van der Waals surface area contributed by atoms with Gasteiger partial charge in [-0.2, -0.15) is 0 Å². The molecule has 1 fully saturated rings. The summed E-state index contributed by atoms with van der Waals surface area (Å²) < 4.78 is 13.7. The van der Waals surface area contributed by atoms with Crippen molar-refractivity contribution in [1.82, 2.24) is 15.5 Å². The number of carbonyl (C=O) groups is 2. The van der Waals surface area contributed by atoms with Crippen LogP contribution >= 0.6 is 0 Å². The average molecular weight is 413 g/mol. The highest BCUT2D eigenvalue weighted by atomic mass is 19.1. The van der Waals surface area contributed by atoms with Crippen molar-refractivity contribution in [3.8, 4) is 0 Å². The molecule has 0 spiro atoms. The van der Waals surface area contributed by atoms with E-state index < -0.39 is 5.91 Å². The molecule has 0 saturated carbocycles. The predicted octanol–water partition coefficient (Wildman–Crippen LogP) is 2.94. The van der Waals surface area contributed by atoms with E-state index in [4.69, 9.17) is 5.73 Å². The number of hydrogen-bond acceptors (Lipinski definition) is 4. The lowest BCUT2D eigenvalue weighted by molar-refractivity contribution is 0.0939. The summed E-state index contributed by atoms with van der Waals surface area (Å²) in [6, 6.07) is 10.9. The van der Waals surface area contributed by atoms with Gasteiger partial charge < -0.3 is 21.3 Å². The molecule has 3 rings (SSSR count). The maximum atomic E-state index is 13.7. The monoisotopic (exact) mass is 412 g/mol. The molecule has 0 aliphatic carbocycles. The molecule has 1 saturated heterocycles. The average Bonchev–Trinajstić information content (AvgIpc) is 2.76. The summed E-state index contributed by atoms with van der Waals surface area (Å²) in [6.45, 7) is 3.93. The number of rotatable bonds is 8. The smallest absolute Gasteiger partial charge is 0.253 e. The van der Waals surface area contributed by atoms with Crippen LogP contribution in [0.25, 0.3) is 0 Å². The number of halogens is 1. The highest BCUT2D eigenvalue weighted by Gasteiger charge is 2.14. The molecule has 0 aromatic heterocycles. The topological polar surface area (TPSA) is 87.5 Å². The van der Waals surface area contributed by atoms with E-state index in [1.54, 1.807) is 24.3 Å². The number of carbonyl (C=O) groups excluding carboxylic acids is 2. The summed E-state index contributed by atoms with van der Waals surface area (Å²) in [4.78, 5) is 27.2. The summed E-state index contributed by atoms with van der Waals surface area (Å²) in [5.74, 6) is -0.999. The van der Waals surface area contributed by atoms with Gasteiger partial charge in [-0.3, -0.25) is 9.59 Å². The molecule has 6 nitrogen and oxygen atoms in total. The number of nitrogens with two attached hydrogens (primary N) is 1. The number of nitrogens with one attached hydrogen (secondary N) is 2. The van der Waals surface area contributed by atoms with Gasteiger partial charge in [0.1, 0.15) is 5.82 Å². The lowest BCUT2D eigenvalue weighted by Crippen LogP contribution is -2.33. The molecular formula is C23H29FN4O2. The summed E-state index contributed by atoms with van der Waals surface area (Å²) >= 11 is 0. The molecule has 1 heterocycles. The van der Waals surface area contributed by atoms with Crippen LogP contribution < -0.4 is 16.4 Å². The Kier molecular flexibility index (Phi) is 7.79. The number of piperidine rings is 1. The molecule has 0 radical (unpaired) electrons. The van der Waals surface area contributed by atoms with E-state index in [1.165, 1.54) is 37.5 Å². The first-order valence-electron chi connectivity index (χ1n) is 10.5. The molecule has 0 bridgehead atoms. The third-order valence-corrected chi connectivity index (χ3v) is 5.34. The van der Waals surface area contributed by atoms with Crippen LogP contribution in [0.2, 0.25) is 0 Å². The minimum Gasteiger partial charge on any atom is -0.398 e. The molecule has 2 amide bonds. The molecule has 2 aromatic rings. The van der Waals surface area contributed by atoms with E-state index in [0.717, 1.165) is 26.1 Å². The van der Waals surface area contributed by atoms with Crippen LogP contribution in [0.5, 0.6) is 0 Å². The second-order valence-electron chi connectivity index (χ2n) is 7.59. The Morgan fingerprint density at radius 2 is 1.77 bits per heavy atom. The maximum Gasteiger partial charge on any atom is 0.253 e. The first-order valence-corrected chi connectivity index (χ1v) is 10.5. The van der Waals surface area contributed by atoms with Gasteiger partial charge in [0.05, 0.1) is 5.56 Å². The zero-order valence-electron chi connectivity index (χ0n) is 17.1. The Morgan fingerprint density at radius 3 is 2.50 bits per heavy atom. The highest BCUT2D eigenvalue weighted by Crippen LogP contribution is 2.15. The third-order valence-electron chi connectivity index (χ3n) is 5.34. The standard InChI is InChI=1S/C23H29FN4O2/c24-20-8-3-2-7-18(20)16-27-23(30)19-10-9-17(15-21(19)25)22(29)26-11-6-14-28-12-4-1-5-13-28/h2-3,7-10,15H,1,4-6,11-14,16,25H2,(H,26,29)(H,27,30). The number of nitrogen functional groups attached to an aromatic ring is 1. The van der Waals surface area contributed by atoms with Crippen LogP contribution in [0.1, 0.15) is 52.0 Å². The Labute approximate surface area is 176 Å². The quantitative estimate of drug-likeness (QED) is 0.460. The summed E-state index contributed by atoms with van der Waals surface area (Å²) in [5, 5.41) is 5.56. The first-order chi connectivity index (χ1) is 14.5. The zero-order chi connectivity index (χ0) is 21.3. The maximum absolute atomic E-state index is 13.7. The van der Waals surface area contributed by atoms with Gasteiger partial charge in [-0.25, -0.2) is 4.39 Å². The fourth-order valence-corrected chi connectivity index (χ4v) is 3.61. The number of benzene rings is 2. The second kappa shape index (κ2) is 10.7. The van der Waals surface area contributed by atoms with Crippen LogP contribution in [0.4, 0.5) is 10.1 Å². The predicted molar refractivity (Wildman–Crippen MR) is 116 cm³/mol. The minimum absolute atomic E-state index is 0.0597. The molecular weight excluding hydrogens is 383 g/mol. The van der Waals surface area contributed by atoms with E-state index in [2.05, 4.69) is 15.5 Å². The van der Waals surface area contributed by atoms with Crippen LogP contribution in [-0.2, 0) is 6.54 Å². The Balaban J connectivity index is 1.48. The van der Waals surface area contributed by atoms with Crippen LogP contribution in [0, 0.1) is 5.82 Å². The van der Waals surface area contributed by atoms with Crippen molar-refractivity contribution in [2.24, 2.45) is 0 Å². The first kappa shape index (κ1) is 21.8.